The molecule has 0 unspecified atom stereocenters. The predicted molar refractivity (Wildman–Crippen MR) is 98.1 cm³/mol. The second kappa shape index (κ2) is 7.29. The molecule has 3 nitrogen and oxygen atoms in total. The highest BCUT2D eigenvalue weighted by molar-refractivity contribution is 5.91. The molecule has 0 saturated carbocycles. The highest BCUT2D eigenvalue weighted by Gasteiger charge is 2.09. The van der Waals surface area contributed by atoms with Crippen LogP contribution in [0, 0.1) is 11.3 Å². The quantitative estimate of drug-likeness (QED) is 0.496. The van der Waals surface area contributed by atoms with E-state index >= 15 is 0 Å². The van der Waals surface area contributed by atoms with Gasteiger partial charge in [-0.2, -0.15) is 5.26 Å². The van der Waals surface area contributed by atoms with Gasteiger partial charge >= 0.3 is 5.97 Å². The van der Waals surface area contributed by atoms with Crippen molar-refractivity contribution >= 4 is 12.0 Å². The average molecular weight is 325 g/mol. The van der Waals surface area contributed by atoms with Crippen LogP contribution < -0.4 is 4.74 Å². The number of esters is 1. The second-order valence-corrected chi connectivity index (χ2v) is 5.43. The largest absolute Gasteiger partial charge is 0.423 e. The molecule has 0 aliphatic rings. The smallest absolute Gasteiger partial charge is 0.343 e. The molecular formula is C22H15NO2. The molecule has 3 rings (SSSR count). The van der Waals surface area contributed by atoms with Crippen molar-refractivity contribution in [3.8, 4) is 22.9 Å². The number of rotatable bonds is 4. The summed E-state index contributed by atoms with van der Waals surface area (Å²) in [5.74, 6) is -0.0219. The van der Waals surface area contributed by atoms with E-state index in [1.54, 1.807) is 42.5 Å². The lowest BCUT2D eigenvalue weighted by atomic mass is 10.0. The Kier molecular flexibility index (Phi) is 4.73. The maximum Gasteiger partial charge on any atom is 0.343 e. The van der Waals surface area contributed by atoms with Crippen molar-refractivity contribution in [1.82, 2.24) is 0 Å². The number of carbonyl (C=O) groups excluding carboxylic acids is 1. The van der Waals surface area contributed by atoms with Gasteiger partial charge in [-0.05, 0) is 53.1 Å². The van der Waals surface area contributed by atoms with Crippen LogP contribution in [0.25, 0.3) is 17.2 Å². The summed E-state index contributed by atoms with van der Waals surface area (Å²) >= 11 is 0. The van der Waals surface area contributed by atoms with Gasteiger partial charge < -0.3 is 4.74 Å². The molecule has 0 saturated heterocycles. The summed E-state index contributed by atoms with van der Waals surface area (Å²) in [7, 11) is 0. The summed E-state index contributed by atoms with van der Waals surface area (Å²) in [5.41, 5.74) is 4.14. The minimum Gasteiger partial charge on any atom is -0.423 e. The van der Waals surface area contributed by atoms with E-state index in [0.29, 0.717) is 16.9 Å². The van der Waals surface area contributed by atoms with Gasteiger partial charge in [-0.3, -0.25) is 0 Å². The molecule has 0 heterocycles. The van der Waals surface area contributed by atoms with Crippen molar-refractivity contribution in [3.63, 3.8) is 0 Å². The van der Waals surface area contributed by atoms with Crippen LogP contribution >= 0.6 is 0 Å². The number of benzene rings is 3. The van der Waals surface area contributed by atoms with Gasteiger partial charge in [0.2, 0.25) is 0 Å². The van der Waals surface area contributed by atoms with Gasteiger partial charge in [0.15, 0.2) is 0 Å². The minimum absolute atomic E-state index is 0.410. The average Bonchev–Trinajstić information content (AvgIpc) is 2.69. The Balaban J connectivity index is 1.73. The lowest BCUT2D eigenvalue weighted by molar-refractivity contribution is 0.0735. The second-order valence-electron chi connectivity index (χ2n) is 5.43. The Morgan fingerprint density at radius 2 is 1.44 bits per heavy atom. The highest BCUT2D eigenvalue weighted by atomic mass is 16.5. The molecule has 0 aromatic heterocycles. The topological polar surface area (TPSA) is 50.1 Å². The molecule has 0 radical (unpaired) electrons. The van der Waals surface area contributed by atoms with Crippen LogP contribution in [-0.4, -0.2) is 5.97 Å². The van der Waals surface area contributed by atoms with Gasteiger partial charge in [0.25, 0.3) is 0 Å². The van der Waals surface area contributed by atoms with Crippen molar-refractivity contribution in [2.45, 2.75) is 0 Å². The minimum atomic E-state index is -0.432. The molecule has 0 spiro atoms. The fraction of sp³-hybridized carbons (Fsp3) is 0. The number of ether oxygens (including phenoxy) is 1. The Labute approximate surface area is 146 Å². The van der Waals surface area contributed by atoms with E-state index in [2.05, 4.69) is 6.58 Å². The maximum absolute atomic E-state index is 12.2. The predicted octanol–water partition coefficient (Wildman–Crippen LogP) is 5.09. The highest BCUT2D eigenvalue weighted by Crippen LogP contribution is 2.21. The molecule has 0 N–H and O–H groups in total. The fourth-order valence-corrected chi connectivity index (χ4v) is 2.37. The zero-order valence-corrected chi connectivity index (χ0v) is 13.5. The number of nitrogens with zero attached hydrogens (tertiary/aromatic N) is 1. The molecule has 0 fully saturated rings. The number of hydrogen-bond donors (Lipinski definition) is 0. The Hall–Kier alpha value is -3.64. The maximum atomic E-state index is 12.2. The van der Waals surface area contributed by atoms with Crippen LogP contribution in [0.15, 0.2) is 79.4 Å². The van der Waals surface area contributed by atoms with E-state index in [0.717, 1.165) is 16.7 Å². The number of carbonyl (C=O) groups is 1. The Bertz CT molecular complexity index is 931. The molecule has 0 bridgehead atoms. The van der Waals surface area contributed by atoms with Crippen molar-refractivity contribution in [2.75, 3.05) is 0 Å². The van der Waals surface area contributed by atoms with Crippen LogP contribution in [-0.2, 0) is 0 Å². The normalized spacial score (nSPS) is 9.88. The van der Waals surface area contributed by atoms with Gasteiger partial charge in [0.1, 0.15) is 5.75 Å². The third-order valence-electron chi connectivity index (χ3n) is 3.79. The van der Waals surface area contributed by atoms with Crippen LogP contribution in [0.2, 0.25) is 0 Å². The molecule has 0 atom stereocenters. The summed E-state index contributed by atoms with van der Waals surface area (Å²) in [6.07, 6.45) is 1.80. The summed E-state index contributed by atoms with van der Waals surface area (Å²) < 4.78 is 5.32. The standard InChI is InChI=1S/C22H15NO2/c1-2-16-3-7-18(8-4-16)19-9-11-20(12-10-19)22(24)25-21-13-5-17(15-23)6-14-21/h2-14H,1H2. The van der Waals surface area contributed by atoms with Gasteiger partial charge in [-0.25, -0.2) is 4.79 Å². The monoisotopic (exact) mass is 325 g/mol. The molecule has 0 amide bonds. The molecule has 3 aromatic rings. The van der Waals surface area contributed by atoms with Crippen LogP contribution in [0.1, 0.15) is 21.5 Å². The van der Waals surface area contributed by atoms with E-state index < -0.39 is 5.97 Å². The SMILES string of the molecule is C=Cc1ccc(-c2ccc(C(=O)Oc3ccc(C#N)cc3)cc2)cc1. The Morgan fingerprint density at radius 3 is 1.96 bits per heavy atom. The van der Waals surface area contributed by atoms with E-state index in [4.69, 9.17) is 10.00 Å². The molecule has 120 valence electrons. The van der Waals surface area contributed by atoms with E-state index in [9.17, 15) is 4.79 Å². The van der Waals surface area contributed by atoms with Crippen LogP contribution in [0.4, 0.5) is 0 Å². The molecule has 3 heteroatoms. The third-order valence-corrected chi connectivity index (χ3v) is 3.79. The summed E-state index contributed by atoms with van der Waals surface area (Å²) in [6, 6.07) is 23.7. The van der Waals surface area contributed by atoms with E-state index in [1.165, 1.54) is 0 Å². The van der Waals surface area contributed by atoms with Crippen molar-refractivity contribution in [2.24, 2.45) is 0 Å². The van der Waals surface area contributed by atoms with Crippen LogP contribution in [0.5, 0.6) is 5.75 Å². The first-order valence-electron chi connectivity index (χ1n) is 7.75. The summed E-state index contributed by atoms with van der Waals surface area (Å²) in [5, 5.41) is 8.77. The molecule has 0 aliphatic carbocycles. The first-order valence-corrected chi connectivity index (χ1v) is 7.75. The van der Waals surface area contributed by atoms with Crippen molar-refractivity contribution in [3.05, 3.63) is 96.1 Å². The Morgan fingerprint density at radius 1 is 0.880 bits per heavy atom. The zero-order chi connectivity index (χ0) is 17.6. The molecule has 3 aromatic carbocycles. The number of nitriles is 1. The van der Waals surface area contributed by atoms with Crippen LogP contribution in [0.3, 0.4) is 0 Å². The van der Waals surface area contributed by atoms with Crippen molar-refractivity contribution < 1.29 is 9.53 Å². The van der Waals surface area contributed by atoms with Crippen molar-refractivity contribution in [1.29, 1.82) is 5.26 Å². The molecule has 25 heavy (non-hydrogen) atoms. The summed E-state index contributed by atoms with van der Waals surface area (Å²) in [6.45, 7) is 3.74. The zero-order valence-electron chi connectivity index (χ0n) is 13.5. The van der Waals surface area contributed by atoms with E-state index in [1.807, 2.05) is 42.5 Å². The number of hydrogen-bond acceptors (Lipinski definition) is 3. The summed E-state index contributed by atoms with van der Waals surface area (Å²) in [4.78, 5) is 12.2. The van der Waals surface area contributed by atoms with Gasteiger partial charge in [-0.1, -0.05) is 49.1 Å². The first-order chi connectivity index (χ1) is 12.2. The van der Waals surface area contributed by atoms with Gasteiger partial charge in [-0.15, -0.1) is 0 Å². The van der Waals surface area contributed by atoms with Gasteiger partial charge in [0.05, 0.1) is 17.2 Å². The fourth-order valence-electron chi connectivity index (χ4n) is 2.37. The van der Waals surface area contributed by atoms with Gasteiger partial charge in [0, 0.05) is 0 Å². The van der Waals surface area contributed by atoms with E-state index in [-0.39, 0.29) is 0 Å². The third kappa shape index (κ3) is 3.82. The lowest BCUT2D eigenvalue weighted by Gasteiger charge is -2.06. The lowest BCUT2D eigenvalue weighted by Crippen LogP contribution is -2.08. The molecular weight excluding hydrogens is 310 g/mol. The first kappa shape index (κ1) is 16.2. The molecule has 0 aliphatic heterocycles.